The molecule has 1 saturated carbocycles. The van der Waals surface area contributed by atoms with Crippen molar-refractivity contribution in [3.8, 4) is 0 Å². The van der Waals surface area contributed by atoms with Gasteiger partial charge in [0.15, 0.2) is 0 Å². The number of rotatable bonds is 8. The minimum absolute atomic E-state index is 0.205. The fourth-order valence-electron chi connectivity index (χ4n) is 3.17. The maximum Gasteiger partial charge on any atom is 0.0154 e. The number of hydrogen-bond acceptors (Lipinski definition) is 1. The molecule has 0 heterocycles. The van der Waals surface area contributed by atoms with E-state index < -0.39 is 0 Å². The molecule has 1 aliphatic carbocycles. The van der Waals surface area contributed by atoms with E-state index >= 15 is 0 Å². The van der Waals surface area contributed by atoms with E-state index in [1.54, 1.807) is 0 Å². The molecule has 0 bridgehead atoms. The zero-order valence-electron chi connectivity index (χ0n) is 12.1. The summed E-state index contributed by atoms with van der Waals surface area (Å²) in [7, 11) is 0. The Kier molecular flexibility index (Phi) is 7.18. The highest BCUT2D eigenvalue weighted by molar-refractivity contribution is 4.89. The van der Waals surface area contributed by atoms with E-state index in [9.17, 15) is 0 Å². The van der Waals surface area contributed by atoms with Crippen molar-refractivity contribution < 1.29 is 0 Å². The Labute approximate surface area is 109 Å². The highest BCUT2D eigenvalue weighted by atomic mass is 14.7. The molecule has 0 saturated heterocycles. The molecule has 1 fully saturated rings. The molecule has 0 spiro atoms. The molecule has 1 nitrogen and oxygen atoms in total. The molecule has 0 aromatic rings. The Bertz CT molecular complexity index is 180. The lowest BCUT2D eigenvalue weighted by Crippen LogP contribution is -2.43. The molecule has 102 valence electrons. The number of hydrogen-bond donors (Lipinski definition) is 1. The van der Waals surface area contributed by atoms with Crippen LogP contribution < -0.4 is 5.73 Å². The van der Waals surface area contributed by atoms with Gasteiger partial charge in [-0.25, -0.2) is 0 Å². The first kappa shape index (κ1) is 15.0. The smallest absolute Gasteiger partial charge is 0.0154 e. The third kappa shape index (κ3) is 5.90. The lowest BCUT2D eigenvalue weighted by molar-refractivity contribution is 0.213. The van der Waals surface area contributed by atoms with E-state index in [1.165, 1.54) is 77.0 Å². The van der Waals surface area contributed by atoms with Gasteiger partial charge < -0.3 is 5.73 Å². The van der Waals surface area contributed by atoms with E-state index in [-0.39, 0.29) is 5.54 Å². The van der Waals surface area contributed by atoms with Crippen LogP contribution in [0.15, 0.2) is 0 Å². The lowest BCUT2D eigenvalue weighted by Gasteiger charge is -2.37. The maximum atomic E-state index is 6.52. The van der Waals surface area contributed by atoms with Crippen molar-refractivity contribution in [2.45, 2.75) is 96.4 Å². The Balaban J connectivity index is 2.06. The zero-order valence-corrected chi connectivity index (χ0v) is 12.1. The van der Waals surface area contributed by atoms with Crippen LogP contribution in [0.5, 0.6) is 0 Å². The third-order valence-corrected chi connectivity index (χ3v) is 4.71. The molecular formula is C16H33N. The average Bonchev–Trinajstić information content (AvgIpc) is 2.35. The average molecular weight is 239 g/mol. The zero-order chi connectivity index (χ0) is 12.6. The van der Waals surface area contributed by atoms with Gasteiger partial charge in [0.05, 0.1) is 0 Å². The van der Waals surface area contributed by atoms with Crippen molar-refractivity contribution >= 4 is 0 Å². The lowest BCUT2D eigenvalue weighted by atomic mass is 9.74. The number of unbranched alkanes of at least 4 members (excludes halogenated alkanes) is 5. The number of nitrogens with two attached hydrogens (primary N) is 1. The van der Waals surface area contributed by atoms with Crippen LogP contribution in [-0.2, 0) is 0 Å². The van der Waals surface area contributed by atoms with Crippen molar-refractivity contribution in [2.24, 2.45) is 11.7 Å². The molecule has 1 heteroatoms. The molecule has 0 aliphatic heterocycles. The Morgan fingerprint density at radius 2 is 1.53 bits per heavy atom. The van der Waals surface area contributed by atoms with Gasteiger partial charge in [0, 0.05) is 5.54 Å². The summed E-state index contributed by atoms with van der Waals surface area (Å²) in [6.07, 6.45) is 16.3. The minimum Gasteiger partial charge on any atom is -0.325 e. The summed E-state index contributed by atoms with van der Waals surface area (Å²) in [5.41, 5.74) is 6.72. The van der Waals surface area contributed by atoms with Crippen LogP contribution in [0.4, 0.5) is 0 Å². The fourth-order valence-corrected chi connectivity index (χ4v) is 3.17. The Morgan fingerprint density at radius 1 is 0.941 bits per heavy atom. The van der Waals surface area contributed by atoms with Gasteiger partial charge in [-0.15, -0.1) is 0 Å². The van der Waals surface area contributed by atoms with Crippen molar-refractivity contribution in [2.75, 3.05) is 0 Å². The Morgan fingerprint density at radius 3 is 2.12 bits per heavy atom. The SMILES string of the molecule is CCCCCCCCC1(N)CCC(CC)CC1. The van der Waals surface area contributed by atoms with Crippen molar-refractivity contribution in [1.82, 2.24) is 0 Å². The molecule has 0 radical (unpaired) electrons. The first-order chi connectivity index (χ1) is 8.20. The molecule has 2 N–H and O–H groups in total. The van der Waals surface area contributed by atoms with Gasteiger partial charge in [0.2, 0.25) is 0 Å². The molecule has 0 atom stereocenters. The molecular weight excluding hydrogens is 206 g/mol. The van der Waals surface area contributed by atoms with Crippen molar-refractivity contribution in [1.29, 1.82) is 0 Å². The maximum absolute atomic E-state index is 6.52. The standard InChI is InChI=1S/C16H33N/c1-3-5-6-7-8-9-12-16(17)13-10-15(4-2)11-14-16/h15H,3-14,17H2,1-2H3. The Hall–Kier alpha value is -0.0400. The van der Waals surface area contributed by atoms with Crippen molar-refractivity contribution in [3.63, 3.8) is 0 Å². The molecule has 0 amide bonds. The summed E-state index contributed by atoms with van der Waals surface area (Å²) in [6, 6.07) is 0. The molecule has 17 heavy (non-hydrogen) atoms. The van der Waals surface area contributed by atoms with Crippen molar-refractivity contribution in [3.05, 3.63) is 0 Å². The van der Waals surface area contributed by atoms with Crippen LogP contribution in [0.3, 0.4) is 0 Å². The summed E-state index contributed by atoms with van der Waals surface area (Å²) in [5.74, 6) is 0.969. The predicted molar refractivity (Wildman–Crippen MR) is 77.2 cm³/mol. The summed E-state index contributed by atoms with van der Waals surface area (Å²) in [4.78, 5) is 0. The van der Waals surface area contributed by atoms with Gasteiger partial charge in [-0.3, -0.25) is 0 Å². The first-order valence-corrected chi connectivity index (χ1v) is 7.99. The third-order valence-electron chi connectivity index (χ3n) is 4.71. The minimum atomic E-state index is 0.205. The summed E-state index contributed by atoms with van der Waals surface area (Å²) in [5, 5.41) is 0. The monoisotopic (exact) mass is 239 g/mol. The topological polar surface area (TPSA) is 26.0 Å². The molecule has 1 aliphatic rings. The van der Waals surface area contributed by atoms with Crippen LogP contribution in [0.1, 0.15) is 90.9 Å². The second kappa shape index (κ2) is 8.13. The molecule has 0 aromatic carbocycles. The fraction of sp³-hybridized carbons (Fsp3) is 1.00. The van der Waals surface area contributed by atoms with E-state index in [2.05, 4.69) is 13.8 Å². The second-order valence-electron chi connectivity index (χ2n) is 6.23. The quantitative estimate of drug-likeness (QED) is 0.590. The van der Waals surface area contributed by atoms with E-state index in [0.29, 0.717) is 0 Å². The predicted octanol–water partition coefficient (Wildman–Crippen LogP) is 5.03. The summed E-state index contributed by atoms with van der Waals surface area (Å²) < 4.78 is 0. The van der Waals surface area contributed by atoms with Crippen LogP contribution in [0.25, 0.3) is 0 Å². The van der Waals surface area contributed by atoms with E-state index in [0.717, 1.165) is 5.92 Å². The molecule has 0 aromatic heterocycles. The van der Waals surface area contributed by atoms with Gasteiger partial charge in [-0.05, 0) is 38.0 Å². The molecule has 1 rings (SSSR count). The normalized spacial score (nSPS) is 29.5. The highest BCUT2D eigenvalue weighted by Gasteiger charge is 2.30. The second-order valence-corrected chi connectivity index (χ2v) is 6.23. The van der Waals surface area contributed by atoms with Crippen LogP contribution in [0, 0.1) is 5.92 Å². The highest BCUT2D eigenvalue weighted by Crippen LogP contribution is 2.35. The van der Waals surface area contributed by atoms with Crippen LogP contribution in [0.2, 0.25) is 0 Å². The van der Waals surface area contributed by atoms with Gasteiger partial charge in [-0.2, -0.15) is 0 Å². The first-order valence-electron chi connectivity index (χ1n) is 7.99. The summed E-state index contributed by atoms with van der Waals surface area (Å²) >= 11 is 0. The van der Waals surface area contributed by atoms with Crippen LogP contribution >= 0.6 is 0 Å². The molecule has 0 unspecified atom stereocenters. The van der Waals surface area contributed by atoms with E-state index in [4.69, 9.17) is 5.73 Å². The largest absolute Gasteiger partial charge is 0.325 e. The van der Waals surface area contributed by atoms with Gasteiger partial charge >= 0.3 is 0 Å². The van der Waals surface area contributed by atoms with E-state index in [1.807, 2.05) is 0 Å². The van der Waals surface area contributed by atoms with Gasteiger partial charge in [-0.1, -0.05) is 58.8 Å². The van der Waals surface area contributed by atoms with Gasteiger partial charge in [0.1, 0.15) is 0 Å². The summed E-state index contributed by atoms with van der Waals surface area (Å²) in [6.45, 7) is 4.60. The van der Waals surface area contributed by atoms with Crippen LogP contribution in [-0.4, -0.2) is 5.54 Å². The van der Waals surface area contributed by atoms with Gasteiger partial charge in [0.25, 0.3) is 0 Å².